The maximum absolute atomic E-state index is 12.0. The second kappa shape index (κ2) is 7.88. The van der Waals surface area contributed by atoms with Crippen molar-refractivity contribution in [3.05, 3.63) is 20.1 Å². The summed E-state index contributed by atoms with van der Waals surface area (Å²) in [6.07, 6.45) is 3.49. The molecule has 20 heavy (non-hydrogen) atoms. The lowest BCUT2D eigenvalue weighted by Crippen LogP contribution is -2.10. The van der Waals surface area contributed by atoms with Crippen molar-refractivity contribution in [3.63, 3.8) is 0 Å². The molecule has 0 spiro atoms. The highest BCUT2D eigenvalue weighted by Gasteiger charge is 2.26. The van der Waals surface area contributed by atoms with Crippen LogP contribution in [-0.2, 0) is 11.2 Å². The Kier molecular flexibility index (Phi) is 6.82. The Morgan fingerprint density at radius 3 is 2.30 bits per heavy atom. The van der Waals surface area contributed by atoms with E-state index in [1.165, 1.54) is 0 Å². The Bertz CT molecular complexity index is 501. The van der Waals surface area contributed by atoms with Gasteiger partial charge in [0.2, 0.25) is 0 Å². The number of unbranched alkanes of at least 4 members (excludes halogenated alkanes) is 2. The second-order valence-corrected chi connectivity index (χ2v) is 5.94. The average Bonchev–Trinajstić information content (AvgIpc) is 2.42. The van der Waals surface area contributed by atoms with Crippen molar-refractivity contribution in [1.82, 2.24) is 0 Å². The fourth-order valence-corrected chi connectivity index (χ4v) is 3.18. The number of phenols is 2. The first-order chi connectivity index (χ1) is 9.45. The van der Waals surface area contributed by atoms with Gasteiger partial charge in [-0.2, -0.15) is 0 Å². The molecule has 112 valence electrons. The summed E-state index contributed by atoms with van der Waals surface area (Å²) in [5.41, 5.74) is 0.689. The van der Waals surface area contributed by atoms with E-state index in [9.17, 15) is 15.0 Å². The highest BCUT2D eigenvalue weighted by Crippen LogP contribution is 2.45. The summed E-state index contributed by atoms with van der Waals surface area (Å²) in [6.45, 7) is 4.01. The molecule has 0 saturated heterocycles. The number of carbonyl (C=O) groups excluding carboxylic acids is 1. The first kappa shape index (κ1) is 17.3. The maximum atomic E-state index is 12.0. The van der Waals surface area contributed by atoms with Crippen LogP contribution in [0.2, 0.25) is 0 Å². The fraction of sp³-hybridized carbons (Fsp3) is 0.500. The Labute approximate surface area is 135 Å². The minimum absolute atomic E-state index is 0.0895. The predicted octanol–water partition coefficient (Wildman–Crippen LogP) is 4.53. The van der Waals surface area contributed by atoms with Crippen LogP contribution in [-0.4, -0.2) is 22.8 Å². The van der Waals surface area contributed by atoms with E-state index in [1.807, 2.05) is 0 Å². The van der Waals surface area contributed by atoms with Gasteiger partial charge in [-0.25, -0.2) is 4.79 Å². The molecule has 1 rings (SSSR count). The van der Waals surface area contributed by atoms with E-state index in [2.05, 4.69) is 38.8 Å². The molecule has 0 heterocycles. The van der Waals surface area contributed by atoms with Gasteiger partial charge in [0.1, 0.15) is 21.5 Å². The van der Waals surface area contributed by atoms with Gasteiger partial charge in [-0.3, -0.25) is 0 Å². The van der Waals surface area contributed by atoms with Gasteiger partial charge in [0.15, 0.2) is 0 Å². The molecular weight excluding hydrogens is 392 g/mol. The number of carbonyl (C=O) groups is 1. The molecule has 2 N–H and O–H groups in total. The summed E-state index contributed by atoms with van der Waals surface area (Å²) in [5.74, 6) is -0.976. The Morgan fingerprint density at radius 2 is 1.75 bits per heavy atom. The van der Waals surface area contributed by atoms with Gasteiger partial charge >= 0.3 is 5.97 Å². The van der Waals surface area contributed by atoms with E-state index in [0.717, 1.165) is 19.3 Å². The van der Waals surface area contributed by atoms with Crippen molar-refractivity contribution in [3.8, 4) is 11.5 Å². The Balaban J connectivity index is 3.32. The van der Waals surface area contributed by atoms with Gasteiger partial charge < -0.3 is 14.9 Å². The Morgan fingerprint density at radius 1 is 1.10 bits per heavy atom. The summed E-state index contributed by atoms with van der Waals surface area (Å²) in [5, 5.41) is 20.1. The topological polar surface area (TPSA) is 66.8 Å². The molecule has 4 nitrogen and oxygen atoms in total. The molecule has 1 aromatic rings. The summed E-state index contributed by atoms with van der Waals surface area (Å²) in [6, 6.07) is 0. The molecule has 0 aliphatic heterocycles. The molecule has 0 radical (unpaired) electrons. The standard InChI is InChI=1S/C14H18Br2O4/c1-3-5-6-7-8-9(14(19)20-4-2)12(17)11(16)13(18)10(8)15/h17-18H,3-7H2,1-2H3. The summed E-state index contributed by atoms with van der Waals surface area (Å²) in [7, 11) is 0. The van der Waals surface area contributed by atoms with Gasteiger partial charge in [0, 0.05) is 0 Å². The molecule has 0 bridgehead atoms. The summed E-state index contributed by atoms with van der Waals surface area (Å²) in [4.78, 5) is 12.0. The van der Waals surface area contributed by atoms with E-state index in [1.54, 1.807) is 6.92 Å². The van der Waals surface area contributed by atoms with Crippen molar-refractivity contribution in [2.24, 2.45) is 0 Å². The molecule has 1 aromatic carbocycles. The molecule has 6 heteroatoms. The van der Waals surface area contributed by atoms with Crippen LogP contribution in [0.4, 0.5) is 0 Å². The highest BCUT2D eigenvalue weighted by atomic mass is 79.9. The monoisotopic (exact) mass is 408 g/mol. The third-order valence-corrected chi connectivity index (χ3v) is 4.54. The van der Waals surface area contributed by atoms with Crippen molar-refractivity contribution in [2.75, 3.05) is 6.61 Å². The van der Waals surface area contributed by atoms with Crippen LogP contribution in [0.25, 0.3) is 0 Å². The van der Waals surface area contributed by atoms with Crippen molar-refractivity contribution in [1.29, 1.82) is 0 Å². The number of phenolic OH excluding ortho intramolecular Hbond substituents is 2. The minimum Gasteiger partial charge on any atom is -0.506 e. The van der Waals surface area contributed by atoms with E-state index in [0.29, 0.717) is 16.5 Å². The van der Waals surface area contributed by atoms with Gasteiger partial charge in [-0.1, -0.05) is 19.8 Å². The van der Waals surface area contributed by atoms with Crippen LogP contribution in [0.5, 0.6) is 11.5 Å². The predicted molar refractivity (Wildman–Crippen MR) is 84.4 cm³/mol. The van der Waals surface area contributed by atoms with Gasteiger partial charge in [0.05, 0.1) is 11.1 Å². The number of esters is 1. The first-order valence-corrected chi connectivity index (χ1v) is 8.13. The zero-order chi connectivity index (χ0) is 15.3. The van der Waals surface area contributed by atoms with Crippen LogP contribution in [0.1, 0.15) is 49.0 Å². The number of benzene rings is 1. The average molecular weight is 410 g/mol. The first-order valence-electron chi connectivity index (χ1n) is 6.54. The number of hydrogen-bond acceptors (Lipinski definition) is 4. The van der Waals surface area contributed by atoms with Crippen LogP contribution >= 0.6 is 31.9 Å². The van der Waals surface area contributed by atoms with Gasteiger partial charge in [-0.15, -0.1) is 0 Å². The lowest BCUT2D eigenvalue weighted by molar-refractivity contribution is 0.0521. The number of rotatable bonds is 6. The number of halogens is 2. The molecule has 0 aromatic heterocycles. The third-order valence-electron chi connectivity index (χ3n) is 2.94. The number of aromatic hydroxyl groups is 2. The van der Waals surface area contributed by atoms with Crippen LogP contribution in [0, 0.1) is 0 Å². The van der Waals surface area contributed by atoms with Crippen molar-refractivity contribution < 1.29 is 19.7 Å². The van der Waals surface area contributed by atoms with Crippen molar-refractivity contribution in [2.45, 2.75) is 39.5 Å². The SMILES string of the molecule is CCCCCc1c(Br)c(O)c(Br)c(O)c1C(=O)OCC. The summed E-state index contributed by atoms with van der Waals surface area (Å²) < 4.78 is 5.49. The van der Waals surface area contributed by atoms with Crippen LogP contribution < -0.4 is 0 Å². The molecule has 0 aliphatic carbocycles. The smallest absolute Gasteiger partial charge is 0.342 e. The summed E-state index contributed by atoms with van der Waals surface area (Å²) >= 11 is 6.37. The molecule has 0 unspecified atom stereocenters. The van der Waals surface area contributed by atoms with E-state index < -0.39 is 5.97 Å². The molecular formula is C14H18Br2O4. The minimum atomic E-state index is -0.585. The largest absolute Gasteiger partial charge is 0.506 e. The molecule has 0 amide bonds. The second-order valence-electron chi connectivity index (χ2n) is 4.36. The Hall–Kier alpha value is -0.750. The lowest BCUT2D eigenvalue weighted by atomic mass is 10.00. The van der Waals surface area contributed by atoms with Crippen molar-refractivity contribution >= 4 is 37.8 Å². The quantitative estimate of drug-likeness (QED) is 0.534. The maximum Gasteiger partial charge on any atom is 0.342 e. The molecule has 0 fully saturated rings. The molecule has 0 aliphatic rings. The molecule has 0 saturated carbocycles. The number of ether oxygens (including phenoxy) is 1. The fourth-order valence-electron chi connectivity index (χ4n) is 1.92. The molecule has 0 atom stereocenters. The zero-order valence-corrected chi connectivity index (χ0v) is 14.7. The third kappa shape index (κ3) is 3.67. The van der Waals surface area contributed by atoms with E-state index >= 15 is 0 Å². The van der Waals surface area contributed by atoms with Gasteiger partial charge in [-0.05, 0) is 57.2 Å². The highest BCUT2D eigenvalue weighted by molar-refractivity contribution is 9.11. The van der Waals surface area contributed by atoms with Crippen LogP contribution in [0.3, 0.4) is 0 Å². The normalized spacial score (nSPS) is 10.6. The van der Waals surface area contributed by atoms with Crippen LogP contribution in [0.15, 0.2) is 8.95 Å². The van der Waals surface area contributed by atoms with Gasteiger partial charge in [0.25, 0.3) is 0 Å². The lowest BCUT2D eigenvalue weighted by Gasteiger charge is -2.15. The van der Waals surface area contributed by atoms with E-state index in [4.69, 9.17) is 4.74 Å². The number of hydrogen-bond donors (Lipinski definition) is 2. The van der Waals surface area contributed by atoms with E-state index in [-0.39, 0.29) is 28.1 Å². The zero-order valence-electron chi connectivity index (χ0n) is 11.5.